The van der Waals surface area contributed by atoms with Gasteiger partial charge in [-0.05, 0) is 109 Å². The molecule has 1 heterocycles. The Morgan fingerprint density at radius 2 is 1.75 bits per heavy atom. The summed E-state index contributed by atoms with van der Waals surface area (Å²) in [4.78, 5) is 2.58. The van der Waals surface area contributed by atoms with Crippen LogP contribution in [0.5, 0.6) is 11.5 Å². The molecule has 1 aromatic carbocycles. The van der Waals surface area contributed by atoms with Gasteiger partial charge < -0.3 is 30.7 Å². The third-order valence-corrected chi connectivity index (χ3v) is 8.46. The molecule has 6 nitrogen and oxygen atoms in total. The first-order valence-electron chi connectivity index (χ1n) is 16.1. The first kappa shape index (κ1) is 32.7. The van der Waals surface area contributed by atoms with Crippen LogP contribution in [0.4, 0.5) is 0 Å². The van der Waals surface area contributed by atoms with Crippen molar-refractivity contribution in [3.05, 3.63) is 47.1 Å². The minimum atomic E-state index is 0.114. The molecule has 1 saturated heterocycles. The number of allylic oxidation sites excluding steroid dienone is 3. The fourth-order valence-corrected chi connectivity index (χ4v) is 6.11. The fourth-order valence-electron chi connectivity index (χ4n) is 6.11. The summed E-state index contributed by atoms with van der Waals surface area (Å²) in [6, 6.07) is 4.20. The van der Waals surface area contributed by atoms with Crippen molar-refractivity contribution in [2.45, 2.75) is 84.5 Å². The average molecular weight is 555 g/mol. The summed E-state index contributed by atoms with van der Waals surface area (Å²) < 4.78 is 6.56. The van der Waals surface area contributed by atoms with Gasteiger partial charge in [-0.2, -0.15) is 0 Å². The summed E-state index contributed by atoms with van der Waals surface area (Å²) >= 11 is 0. The molecule has 1 unspecified atom stereocenters. The summed E-state index contributed by atoms with van der Waals surface area (Å²) in [7, 11) is 0. The summed E-state index contributed by atoms with van der Waals surface area (Å²) in [6.45, 7) is 21.1. The van der Waals surface area contributed by atoms with Crippen LogP contribution in [0.1, 0.15) is 89.2 Å². The lowest BCUT2D eigenvalue weighted by Crippen LogP contribution is -2.37. The second kappa shape index (κ2) is 18.5. The zero-order valence-corrected chi connectivity index (χ0v) is 25.8. The molecular formula is C34H58N4O2. The summed E-state index contributed by atoms with van der Waals surface area (Å²) in [5.41, 5.74) is 4.71. The molecule has 1 aliphatic carbocycles. The van der Waals surface area contributed by atoms with E-state index in [4.69, 9.17) is 4.74 Å². The normalized spacial score (nSPS) is 22.3. The van der Waals surface area contributed by atoms with Crippen molar-refractivity contribution in [3.8, 4) is 11.5 Å². The zero-order valence-electron chi connectivity index (χ0n) is 25.8. The van der Waals surface area contributed by atoms with Crippen molar-refractivity contribution in [3.63, 3.8) is 0 Å². The van der Waals surface area contributed by atoms with Gasteiger partial charge in [-0.3, -0.25) is 0 Å². The third-order valence-electron chi connectivity index (χ3n) is 8.46. The molecule has 1 fully saturated rings. The van der Waals surface area contributed by atoms with Gasteiger partial charge in [-0.15, -0.1) is 0 Å². The molecule has 226 valence electrons. The molecule has 0 radical (unpaired) electrons. The number of unbranched alkanes of at least 4 members (excludes halogenated alkanes) is 2. The Balaban J connectivity index is 1.67. The van der Waals surface area contributed by atoms with Gasteiger partial charge >= 0.3 is 0 Å². The first-order chi connectivity index (χ1) is 19.5. The lowest BCUT2D eigenvalue weighted by Gasteiger charge is -2.32. The molecule has 2 atom stereocenters. The zero-order chi connectivity index (χ0) is 28.6. The Hall–Kier alpha value is -1.86. The lowest BCUT2D eigenvalue weighted by atomic mass is 9.73. The highest BCUT2D eigenvalue weighted by Gasteiger charge is 2.30. The average Bonchev–Trinajstić information content (AvgIpc) is 2.92. The van der Waals surface area contributed by atoms with E-state index < -0.39 is 0 Å². The number of nitrogens with zero attached hydrogens (tertiary/aromatic N) is 1. The Bertz CT molecular complexity index is 901. The SMILES string of the molecule is C=C(C)[C@@H]1CCC(C)=CC1c1c(O)cc(CCCCC)cc1OCCCN1CCCNCCNCCCNCC1. The Morgan fingerprint density at radius 1 is 1.00 bits per heavy atom. The Kier molecular flexibility index (Phi) is 15.1. The van der Waals surface area contributed by atoms with Crippen LogP contribution in [0.25, 0.3) is 0 Å². The quantitative estimate of drug-likeness (QED) is 0.206. The second-order valence-electron chi connectivity index (χ2n) is 12.0. The van der Waals surface area contributed by atoms with Gasteiger partial charge in [-0.25, -0.2) is 0 Å². The molecule has 0 aromatic heterocycles. The van der Waals surface area contributed by atoms with Crippen molar-refractivity contribution in [1.82, 2.24) is 20.9 Å². The molecule has 1 aromatic rings. The number of rotatable bonds is 11. The number of phenols is 1. The molecule has 0 saturated carbocycles. The number of aromatic hydroxyl groups is 1. The lowest BCUT2D eigenvalue weighted by molar-refractivity contribution is 0.229. The van der Waals surface area contributed by atoms with E-state index in [1.54, 1.807) is 0 Å². The molecule has 2 aliphatic rings. The number of benzene rings is 1. The van der Waals surface area contributed by atoms with E-state index in [9.17, 15) is 5.11 Å². The molecule has 0 amide bonds. The predicted octanol–water partition coefficient (Wildman–Crippen LogP) is 5.77. The van der Waals surface area contributed by atoms with Crippen molar-refractivity contribution < 1.29 is 9.84 Å². The van der Waals surface area contributed by atoms with Gasteiger partial charge in [-0.1, -0.05) is 43.6 Å². The van der Waals surface area contributed by atoms with Crippen LogP contribution in [-0.4, -0.2) is 75.5 Å². The molecule has 4 N–H and O–H groups in total. The van der Waals surface area contributed by atoms with E-state index in [2.05, 4.69) is 60.3 Å². The van der Waals surface area contributed by atoms with Gasteiger partial charge in [0.05, 0.1) is 6.61 Å². The van der Waals surface area contributed by atoms with Crippen LogP contribution in [0.3, 0.4) is 0 Å². The number of aryl methyl sites for hydroxylation is 1. The Morgan fingerprint density at radius 3 is 2.50 bits per heavy atom. The maximum atomic E-state index is 11.4. The fraction of sp³-hybridized carbons (Fsp3) is 0.706. The van der Waals surface area contributed by atoms with Crippen molar-refractivity contribution in [2.75, 3.05) is 65.5 Å². The highest BCUT2D eigenvalue weighted by Crippen LogP contribution is 2.47. The highest BCUT2D eigenvalue weighted by atomic mass is 16.5. The maximum Gasteiger partial charge on any atom is 0.127 e. The number of phenolic OH excluding ortho intramolecular Hbond substituents is 1. The van der Waals surface area contributed by atoms with Crippen LogP contribution in [0, 0.1) is 5.92 Å². The summed E-state index contributed by atoms with van der Waals surface area (Å²) in [5, 5.41) is 22.0. The molecule has 0 spiro atoms. The van der Waals surface area contributed by atoms with Crippen molar-refractivity contribution >= 4 is 0 Å². The number of hydrogen-bond acceptors (Lipinski definition) is 6. The minimum Gasteiger partial charge on any atom is -0.507 e. The predicted molar refractivity (Wildman–Crippen MR) is 170 cm³/mol. The maximum absolute atomic E-state index is 11.4. The largest absolute Gasteiger partial charge is 0.507 e. The van der Waals surface area contributed by atoms with Gasteiger partial charge in [0.25, 0.3) is 0 Å². The minimum absolute atomic E-state index is 0.114. The second-order valence-corrected chi connectivity index (χ2v) is 12.0. The van der Waals surface area contributed by atoms with E-state index >= 15 is 0 Å². The Labute approximate surface area is 245 Å². The van der Waals surface area contributed by atoms with Gasteiger partial charge in [0.15, 0.2) is 0 Å². The van der Waals surface area contributed by atoms with Crippen LogP contribution in [-0.2, 0) is 6.42 Å². The van der Waals surface area contributed by atoms with Crippen molar-refractivity contribution in [2.24, 2.45) is 5.92 Å². The van der Waals surface area contributed by atoms with Crippen LogP contribution >= 0.6 is 0 Å². The van der Waals surface area contributed by atoms with E-state index in [1.807, 2.05) is 6.07 Å². The van der Waals surface area contributed by atoms with Gasteiger partial charge in [0.1, 0.15) is 11.5 Å². The molecule has 3 rings (SSSR count). The van der Waals surface area contributed by atoms with Crippen LogP contribution in [0.15, 0.2) is 35.9 Å². The van der Waals surface area contributed by atoms with E-state index in [1.165, 1.54) is 36.0 Å². The summed E-state index contributed by atoms with van der Waals surface area (Å²) in [6.07, 6.45) is 12.3. The van der Waals surface area contributed by atoms with Gasteiger partial charge in [0, 0.05) is 44.2 Å². The number of ether oxygens (including phenoxy) is 1. The van der Waals surface area contributed by atoms with E-state index in [0.717, 1.165) is 109 Å². The standard InChI is InChI=1S/C34H58N4O2/c1-5-6-7-11-29-25-32(39)34(31-24-28(4)12-13-30(31)27(2)3)33(26-29)40-23-10-21-38-20-9-16-36-18-17-35-14-8-15-37-19-22-38/h24-26,30-31,35-37,39H,2,5-23H2,1,3-4H3/t30-,31?/m0/s1. The van der Waals surface area contributed by atoms with Crippen molar-refractivity contribution in [1.29, 1.82) is 0 Å². The first-order valence-corrected chi connectivity index (χ1v) is 16.1. The number of hydrogen-bond donors (Lipinski definition) is 4. The smallest absolute Gasteiger partial charge is 0.127 e. The third kappa shape index (κ3) is 11.2. The molecule has 6 heteroatoms. The molecule has 1 aliphatic heterocycles. The monoisotopic (exact) mass is 554 g/mol. The summed E-state index contributed by atoms with van der Waals surface area (Å²) in [5.74, 6) is 1.70. The topological polar surface area (TPSA) is 68.8 Å². The number of nitrogens with one attached hydrogen (secondary N) is 3. The highest BCUT2D eigenvalue weighted by molar-refractivity contribution is 5.52. The van der Waals surface area contributed by atoms with Gasteiger partial charge in [0.2, 0.25) is 0 Å². The molecule has 0 bridgehead atoms. The molecular weight excluding hydrogens is 496 g/mol. The molecule has 40 heavy (non-hydrogen) atoms. The van der Waals surface area contributed by atoms with Crippen LogP contribution < -0.4 is 20.7 Å². The van der Waals surface area contributed by atoms with E-state index in [-0.39, 0.29) is 5.92 Å². The van der Waals surface area contributed by atoms with E-state index in [0.29, 0.717) is 18.3 Å². The van der Waals surface area contributed by atoms with Crippen LogP contribution in [0.2, 0.25) is 0 Å².